The van der Waals surface area contributed by atoms with Gasteiger partial charge < -0.3 is 20.2 Å². The van der Waals surface area contributed by atoms with Crippen LogP contribution in [0.25, 0.3) is 0 Å². The molecular formula is C20H17FN2O4. The molecule has 0 spiro atoms. The summed E-state index contributed by atoms with van der Waals surface area (Å²) in [5.74, 6) is -0.718. The number of carbonyl (C=O) groups is 2. The van der Waals surface area contributed by atoms with Gasteiger partial charge in [-0.3, -0.25) is 9.59 Å². The molecule has 138 valence electrons. The second-order valence-electron chi connectivity index (χ2n) is 5.73. The van der Waals surface area contributed by atoms with Crippen molar-refractivity contribution in [1.29, 1.82) is 0 Å². The molecule has 0 bridgehead atoms. The van der Waals surface area contributed by atoms with Gasteiger partial charge in [-0.05, 0) is 42.0 Å². The Morgan fingerprint density at radius 3 is 2.41 bits per heavy atom. The topological polar surface area (TPSA) is 94.6 Å². The van der Waals surface area contributed by atoms with Gasteiger partial charge in [-0.2, -0.15) is 0 Å². The number of ether oxygens (including phenoxy) is 1. The number of halogens is 1. The van der Waals surface area contributed by atoms with Crippen molar-refractivity contribution in [3.63, 3.8) is 0 Å². The van der Waals surface area contributed by atoms with E-state index in [1.54, 1.807) is 36.4 Å². The maximum Gasteiger partial charge on any atom is 0.287 e. The molecule has 0 saturated heterocycles. The van der Waals surface area contributed by atoms with E-state index in [-0.39, 0.29) is 18.2 Å². The molecule has 0 fully saturated rings. The first kappa shape index (κ1) is 18.2. The Balaban J connectivity index is 1.63. The van der Waals surface area contributed by atoms with Gasteiger partial charge in [0.2, 0.25) is 5.91 Å². The fourth-order valence-electron chi connectivity index (χ4n) is 2.43. The Bertz CT molecular complexity index is 923. The lowest BCUT2D eigenvalue weighted by Crippen LogP contribution is -2.37. The second kappa shape index (κ2) is 8.18. The highest BCUT2D eigenvalue weighted by Crippen LogP contribution is 2.17. The van der Waals surface area contributed by atoms with Gasteiger partial charge in [-0.25, -0.2) is 4.39 Å². The summed E-state index contributed by atoms with van der Waals surface area (Å²) < 4.78 is 23.8. The number of nitrogens with one attached hydrogen (secondary N) is 1. The number of benzene rings is 2. The highest BCUT2D eigenvalue weighted by molar-refractivity contribution is 5.95. The Labute approximate surface area is 154 Å². The number of furan rings is 1. The third-order valence-corrected chi connectivity index (χ3v) is 3.77. The summed E-state index contributed by atoms with van der Waals surface area (Å²) in [5, 5.41) is 2.55. The number of hydrogen-bond donors (Lipinski definition) is 2. The van der Waals surface area contributed by atoms with Crippen molar-refractivity contribution in [1.82, 2.24) is 5.32 Å². The summed E-state index contributed by atoms with van der Waals surface area (Å²) in [4.78, 5) is 24.0. The molecule has 1 atom stereocenters. The van der Waals surface area contributed by atoms with Crippen molar-refractivity contribution in [2.75, 3.05) is 0 Å². The molecule has 0 saturated carbocycles. The van der Waals surface area contributed by atoms with E-state index in [9.17, 15) is 14.0 Å². The molecule has 1 aromatic heterocycles. The van der Waals surface area contributed by atoms with Gasteiger partial charge in [0.25, 0.3) is 5.91 Å². The molecule has 7 heteroatoms. The van der Waals surface area contributed by atoms with Gasteiger partial charge in [0.1, 0.15) is 30.0 Å². The molecular weight excluding hydrogens is 351 g/mol. The van der Waals surface area contributed by atoms with Crippen molar-refractivity contribution in [2.24, 2.45) is 5.73 Å². The molecule has 1 heterocycles. The van der Waals surface area contributed by atoms with Gasteiger partial charge >= 0.3 is 0 Å². The normalized spacial score (nSPS) is 11.6. The van der Waals surface area contributed by atoms with Crippen LogP contribution >= 0.6 is 0 Å². The summed E-state index contributed by atoms with van der Waals surface area (Å²) >= 11 is 0. The largest absolute Gasteiger partial charge is 0.486 e. The molecule has 2 amide bonds. The molecule has 0 aliphatic rings. The summed E-state index contributed by atoms with van der Waals surface area (Å²) in [6.07, 6.45) is 0. The van der Waals surface area contributed by atoms with Crippen LogP contribution in [0.3, 0.4) is 0 Å². The zero-order valence-corrected chi connectivity index (χ0v) is 14.2. The summed E-state index contributed by atoms with van der Waals surface area (Å²) in [5.41, 5.74) is 5.97. The lowest BCUT2D eigenvalue weighted by atomic mass is 10.1. The third kappa shape index (κ3) is 4.72. The Hall–Kier alpha value is -3.61. The smallest absolute Gasteiger partial charge is 0.287 e. The first-order chi connectivity index (χ1) is 13.0. The van der Waals surface area contributed by atoms with Gasteiger partial charge in [0.05, 0.1) is 0 Å². The van der Waals surface area contributed by atoms with Gasteiger partial charge in [0, 0.05) is 0 Å². The van der Waals surface area contributed by atoms with Crippen LogP contribution in [0.15, 0.2) is 71.1 Å². The van der Waals surface area contributed by atoms with Gasteiger partial charge in [-0.1, -0.05) is 30.3 Å². The van der Waals surface area contributed by atoms with Crippen LogP contribution in [0.1, 0.15) is 27.9 Å². The Kier molecular flexibility index (Phi) is 5.51. The second-order valence-corrected chi connectivity index (χ2v) is 5.73. The van der Waals surface area contributed by atoms with E-state index in [1.807, 2.05) is 0 Å². The van der Waals surface area contributed by atoms with Gasteiger partial charge in [0.15, 0.2) is 5.76 Å². The number of carbonyl (C=O) groups excluding carboxylic acids is 2. The van der Waals surface area contributed by atoms with Crippen LogP contribution < -0.4 is 15.8 Å². The monoisotopic (exact) mass is 368 g/mol. The van der Waals surface area contributed by atoms with E-state index in [4.69, 9.17) is 14.9 Å². The molecule has 3 rings (SSSR count). The minimum atomic E-state index is -0.970. The molecule has 3 N–H and O–H groups in total. The molecule has 0 aliphatic heterocycles. The predicted molar refractivity (Wildman–Crippen MR) is 95.3 cm³/mol. The van der Waals surface area contributed by atoms with E-state index in [1.165, 1.54) is 30.3 Å². The van der Waals surface area contributed by atoms with E-state index in [0.29, 0.717) is 17.1 Å². The maximum atomic E-state index is 12.9. The van der Waals surface area contributed by atoms with Crippen molar-refractivity contribution in [3.8, 4) is 5.75 Å². The number of nitrogens with two attached hydrogens (primary N) is 1. The van der Waals surface area contributed by atoms with Crippen molar-refractivity contribution >= 4 is 11.8 Å². The number of hydrogen-bond acceptors (Lipinski definition) is 4. The Morgan fingerprint density at radius 2 is 1.74 bits per heavy atom. The Morgan fingerprint density at radius 1 is 1.04 bits per heavy atom. The molecule has 2 aromatic carbocycles. The zero-order valence-electron chi connectivity index (χ0n) is 14.2. The number of amides is 2. The van der Waals surface area contributed by atoms with E-state index < -0.39 is 17.9 Å². The van der Waals surface area contributed by atoms with Gasteiger partial charge in [-0.15, -0.1) is 0 Å². The third-order valence-electron chi connectivity index (χ3n) is 3.77. The first-order valence-electron chi connectivity index (χ1n) is 8.15. The lowest BCUT2D eigenvalue weighted by molar-refractivity contribution is -0.120. The standard InChI is InChI=1S/C20H17FN2O4/c21-14-6-8-15(9-7-14)26-12-16-10-11-17(27-16)20(25)23-18(19(22)24)13-4-2-1-3-5-13/h1-11,18H,12H2,(H2,22,24)(H,23,25). The van der Waals surface area contributed by atoms with Crippen LogP contribution in [0.2, 0.25) is 0 Å². The minimum absolute atomic E-state index is 0.0230. The summed E-state index contributed by atoms with van der Waals surface area (Å²) in [6, 6.07) is 16.3. The number of primary amides is 1. The van der Waals surface area contributed by atoms with Crippen LogP contribution in [0.4, 0.5) is 4.39 Å². The molecule has 3 aromatic rings. The van der Waals surface area contributed by atoms with Crippen molar-refractivity contribution < 1.29 is 23.1 Å². The van der Waals surface area contributed by atoms with E-state index in [2.05, 4.69) is 5.32 Å². The summed E-state index contributed by atoms with van der Waals surface area (Å²) in [7, 11) is 0. The molecule has 0 radical (unpaired) electrons. The minimum Gasteiger partial charge on any atom is -0.486 e. The molecule has 27 heavy (non-hydrogen) atoms. The van der Waals surface area contributed by atoms with E-state index >= 15 is 0 Å². The lowest BCUT2D eigenvalue weighted by Gasteiger charge is -2.14. The highest BCUT2D eigenvalue weighted by Gasteiger charge is 2.22. The summed E-state index contributed by atoms with van der Waals surface area (Å²) in [6.45, 7) is 0.0663. The fourth-order valence-corrected chi connectivity index (χ4v) is 2.43. The number of rotatable bonds is 7. The van der Waals surface area contributed by atoms with Crippen molar-refractivity contribution in [3.05, 3.63) is 89.6 Å². The van der Waals surface area contributed by atoms with E-state index in [0.717, 1.165) is 0 Å². The average Bonchev–Trinajstić information content (AvgIpc) is 3.15. The van der Waals surface area contributed by atoms with Crippen LogP contribution in [-0.4, -0.2) is 11.8 Å². The average molecular weight is 368 g/mol. The van der Waals surface area contributed by atoms with Crippen LogP contribution in [0, 0.1) is 5.82 Å². The molecule has 0 aliphatic carbocycles. The quantitative estimate of drug-likeness (QED) is 0.670. The first-order valence-corrected chi connectivity index (χ1v) is 8.15. The van der Waals surface area contributed by atoms with Crippen LogP contribution in [0.5, 0.6) is 5.75 Å². The highest BCUT2D eigenvalue weighted by atomic mass is 19.1. The zero-order chi connectivity index (χ0) is 19.2. The fraction of sp³-hybridized carbons (Fsp3) is 0.100. The predicted octanol–water partition coefficient (Wildman–Crippen LogP) is 2.95. The molecule has 1 unspecified atom stereocenters. The molecule has 6 nitrogen and oxygen atoms in total. The maximum absolute atomic E-state index is 12.9. The SMILES string of the molecule is NC(=O)C(NC(=O)c1ccc(COc2ccc(F)cc2)o1)c1ccccc1. The van der Waals surface area contributed by atoms with Crippen LogP contribution in [-0.2, 0) is 11.4 Å². The van der Waals surface area contributed by atoms with Crippen molar-refractivity contribution in [2.45, 2.75) is 12.6 Å².